The Bertz CT molecular complexity index is 676. The molecule has 1 aliphatic rings. The van der Waals surface area contributed by atoms with Crippen molar-refractivity contribution in [3.8, 4) is 0 Å². The van der Waals surface area contributed by atoms with Gasteiger partial charge in [-0.05, 0) is 18.9 Å². The SMILES string of the molecule is Cc1cn[nH]c1C1CCN(C(=O)CCc2nnc(C(C)C)o2)C1. The normalized spacial score (nSPS) is 18.1. The van der Waals surface area contributed by atoms with Crippen LogP contribution in [0, 0.1) is 6.92 Å². The predicted molar refractivity (Wildman–Crippen MR) is 84.0 cm³/mol. The molecule has 0 radical (unpaired) electrons. The zero-order valence-electron chi connectivity index (χ0n) is 13.9. The van der Waals surface area contributed by atoms with Crippen molar-refractivity contribution in [2.45, 2.75) is 51.9 Å². The van der Waals surface area contributed by atoms with E-state index in [9.17, 15) is 4.79 Å². The lowest BCUT2D eigenvalue weighted by molar-refractivity contribution is -0.130. The van der Waals surface area contributed by atoms with Crippen molar-refractivity contribution < 1.29 is 9.21 Å². The van der Waals surface area contributed by atoms with Crippen LogP contribution in [-0.4, -0.2) is 44.3 Å². The average molecular weight is 317 g/mol. The molecule has 1 unspecified atom stereocenters. The Morgan fingerprint density at radius 2 is 2.30 bits per heavy atom. The zero-order valence-corrected chi connectivity index (χ0v) is 13.9. The summed E-state index contributed by atoms with van der Waals surface area (Å²) in [5, 5.41) is 15.1. The van der Waals surface area contributed by atoms with Gasteiger partial charge in [0.1, 0.15) is 0 Å². The average Bonchev–Trinajstić information content (AvgIpc) is 3.24. The van der Waals surface area contributed by atoms with Gasteiger partial charge in [-0.15, -0.1) is 10.2 Å². The number of aromatic nitrogens is 4. The summed E-state index contributed by atoms with van der Waals surface area (Å²) in [6.07, 6.45) is 3.73. The highest BCUT2D eigenvalue weighted by molar-refractivity contribution is 5.76. The van der Waals surface area contributed by atoms with Gasteiger partial charge in [0, 0.05) is 43.5 Å². The van der Waals surface area contributed by atoms with Crippen molar-refractivity contribution in [3.63, 3.8) is 0 Å². The molecule has 7 heteroatoms. The third-order valence-corrected chi connectivity index (χ3v) is 4.35. The molecular weight excluding hydrogens is 294 g/mol. The van der Waals surface area contributed by atoms with Gasteiger partial charge in [-0.25, -0.2) is 0 Å². The molecule has 124 valence electrons. The summed E-state index contributed by atoms with van der Waals surface area (Å²) in [6, 6.07) is 0. The fourth-order valence-corrected chi connectivity index (χ4v) is 2.96. The summed E-state index contributed by atoms with van der Waals surface area (Å²) in [7, 11) is 0. The molecule has 1 saturated heterocycles. The Morgan fingerprint density at radius 3 is 2.96 bits per heavy atom. The smallest absolute Gasteiger partial charge is 0.223 e. The van der Waals surface area contributed by atoms with E-state index in [1.165, 1.54) is 0 Å². The molecular formula is C16H23N5O2. The van der Waals surface area contributed by atoms with Crippen molar-refractivity contribution in [3.05, 3.63) is 29.2 Å². The molecule has 3 heterocycles. The monoisotopic (exact) mass is 317 g/mol. The quantitative estimate of drug-likeness (QED) is 0.913. The summed E-state index contributed by atoms with van der Waals surface area (Å²) >= 11 is 0. The standard InChI is InChI=1S/C16H23N5O2/c1-10(2)16-20-18-13(23-16)4-5-14(22)21-7-6-12(9-21)15-11(3)8-17-19-15/h8,10,12H,4-7,9H2,1-3H3,(H,17,19). The van der Waals surface area contributed by atoms with Crippen LogP contribution in [0.3, 0.4) is 0 Å². The molecule has 3 rings (SSSR count). The summed E-state index contributed by atoms with van der Waals surface area (Å²) < 4.78 is 5.55. The highest BCUT2D eigenvalue weighted by Crippen LogP contribution is 2.28. The minimum Gasteiger partial charge on any atom is -0.425 e. The molecule has 1 aliphatic heterocycles. The maximum Gasteiger partial charge on any atom is 0.223 e. The Balaban J connectivity index is 1.52. The molecule has 23 heavy (non-hydrogen) atoms. The van der Waals surface area contributed by atoms with E-state index < -0.39 is 0 Å². The number of carbonyl (C=O) groups excluding carboxylic acids is 1. The van der Waals surface area contributed by atoms with Gasteiger partial charge < -0.3 is 9.32 Å². The van der Waals surface area contributed by atoms with Crippen LogP contribution in [0.2, 0.25) is 0 Å². The fraction of sp³-hybridized carbons (Fsp3) is 0.625. The first-order valence-electron chi connectivity index (χ1n) is 8.14. The number of hydrogen-bond donors (Lipinski definition) is 1. The van der Waals surface area contributed by atoms with Gasteiger partial charge in [0.2, 0.25) is 17.7 Å². The Kier molecular flexibility index (Phi) is 4.45. The predicted octanol–water partition coefficient (Wildman–Crippen LogP) is 2.17. The Labute approximate surface area is 135 Å². The molecule has 1 amide bonds. The fourth-order valence-electron chi connectivity index (χ4n) is 2.96. The molecule has 1 fully saturated rings. The molecule has 0 aliphatic carbocycles. The van der Waals surface area contributed by atoms with Crippen molar-refractivity contribution in [1.82, 2.24) is 25.3 Å². The van der Waals surface area contributed by atoms with Crippen molar-refractivity contribution in [1.29, 1.82) is 0 Å². The van der Waals surface area contributed by atoms with Crippen LogP contribution >= 0.6 is 0 Å². The molecule has 1 atom stereocenters. The lowest BCUT2D eigenvalue weighted by Crippen LogP contribution is -2.28. The van der Waals surface area contributed by atoms with E-state index in [1.54, 1.807) is 0 Å². The molecule has 7 nitrogen and oxygen atoms in total. The second-order valence-corrected chi connectivity index (χ2v) is 6.48. The summed E-state index contributed by atoms with van der Waals surface area (Å²) in [4.78, 5) is 14.3. The van der Waals surface area contributed by atoms with E-state index in [-0.39, 0.29) is 11.8 Å². The van der Waals surface area contributed by atoms with E-state index in [2.05, 4.69) is 20.4 Å². The third-order valence-electron chi connectivity index (χ3n) is 4.35. The second kappa shape index (κ2) is 6.52. The van der Waals surface area contributed by atoms with E-state index in [0.717, 1.165) is 30.8 Å². The number of rotatable bonds is 5. The minimum atomic E-state index is 0.147. The van der Waals surface area contributed by atoms with Gasteiger partial charge in [0.25, 0.3) is 0 Å². The van der Waals surface area contributed by atoms with Crippen LogP contribution in [-0.2, 0) is 11.2 Å². The number of hydrogen-bond acceptors (Lipinski definition) is 5. The summed E-state index contributed by atoms with van der Waals surface area (Å²) in [5.74, 6) is 1.89. The van der Waals surface area contributed by atoms with E-state index >= 15 is 0 Å². The van der Waals surface area contributed by atoms with Crippen LogP contribution in [0.5, 0.6) is 0 Å². The third kappa shape index (κ3) is 3.43. The van der Waals surface area contributed by atoms with Crippen molar-refractivity contribution >= 4 is 5.91 Å². The lowest BCUT2D eigenvalue weighted by atomic mass is 10.0. The number of likely N-dealkylation sites (tertiary alicyclic amines) is 1. The molecule has 0 spiro atoms. The van der Waals surface area contributed by atoms with Crippen LogP contribution in [0.25, 0.3) is 0 Å². The molecule has 2 aromatic heterocycles. The molecule has 1 N–H and O–H groups in total. The van der Waals surface area contributed by atoms with E-state index in [0.29, 0.717) is 30.5 Å². The highest BCUT2D eigenvalue weighted by Gasteiger charge is 2.29. The first-order valence-corrected chi connectivity index (χ1v) is 8.14. The van der Waals surface area contributed by atoms with Crippen LogP contribution in [0.15, 0.2) is 10.6 Å². The lowest BCUT2D eigenvalue weighted by Gasteiger charge is -2.16. The van der Waals surface area contributed by atoms with E-state index in [4.69, 9.17) is 4.42 Å². The van der Waals surface area contributed by atoms with Crippen LogP contribution in [0.4, 0.5) is 0 Å². The molecule has 2 aromatic rings. The number of nitrogens with zero attached hydrogens (tertiary/aromatic N) is 4. The number of aryl methyl sites for hydroxylation is 2. The number of amides is 1. The van der Waals surface area contributed by atoms with Crippen LogP contribution < -0.4 is 0 Å². The van der Waals surface area contributed by atoms with Crippen LogP contribution in [0.1, 0.15) is 61.6 Å². The van der Waals surface area contributed by atoms with Crippen molar-refractivity contribution in [2.75, 3.05) is 13.1 Å². The number of nitrogens with one attached hydrogen (secondary N) is 1. The van der Waals surface area contributed by atoms with Gasteiger partial charge in [0.05, 0.1) is 6.20 Å². The Morgan fingerprint density at radius 1 is 1.48 bits per heavy atom. The Hall–Kier alpha value is -2.18. The van der Waals surface area contributed by atoms with Crippen molar-refractivity contribution in [2.24, 2.45) is 0 Å². The van der Waals surface area contributed by atoms with Gasteiger partial charge in [0.15, 0.2) is 0 Å². The first-order chi connectivity index (χ1) is 11.0. The number of aromatic amines is 1. The van der Waals surface area contributed by atoms with Gasteiger partial charge >= 0.3 is 0 Å². The maximum absolute atomic E-state index is 12.4. The van der Waals surface area contributed by atoms with Gasteiger partial charge in [-0.3, -0.25) is 9.89 Å². The maximum atomic E-state index is 12.4. The van der Waals surface area contributed by atoms with Gasteiger partial charge in [-0.2, -0.15) is 5.10 Å². The largest absolute Gasteiger partial charge is 0.425 e. The molecule has 0 aromatic carbocycles. The highest BCUT2D eigenvalue weighted by atomic mass is 16.4. The summed E-state index contributed by atoms with van der Waals surface area (Å²) in [6.45, 7) is 7.60. The minimum absolute atomic E-state index is 0.147. The molecule has 0 bridgehead atoms. The van der Waals surface area contributed by atoms with E-state index in [1.807, 2.05) is 31.9 Å². The number of carbonyl (C=O) groups is 1. The first kappa shape index (κ1) is 15.7. The topological polar surface area (TPSA) is 87.9 Å². The zero-order chi connectivity index (χ0) is 16.4. The second-order valence-electron chi connectivity index (χ2n) is 6.48. The number of H-pyrrole nitrogens is 1. The van der Waals surface area contributed by atoms with Gasteiger partial charge in [-0.1, -0.05) is 13.8 Å². The molecule has 0 saturated carbocycles. The summed E-state index contributed by atoms with van der Waals surface area (Å²) in [5.41, 5.74) is 2.31.